The number of hydrogen-bond acceptors (Lipinski definition) is 3. The highest BCUT2D eigenvalue weighted by molar-refractivity contribution is 7.71. The minimum absolute atomic E-state index is 0.00911. The maximum atomic E-state index is 12.8. The van der Waals surface area contributed by atoms with Gasteiger partial charge in [0, 0.05) is 23.1 Å². The second kappa shape index (κ2) is 8.27. The fourth-order valence-corrected chi connectivity index (χ4v) is 2.74. The third kappa shape index (κ3) is 5.08. The van der Waals surface area contributed by atoms with Gasteiger partial charge in [0.2, 0.25) is 0 Å². The van der Waals surface area contributed by atoms with Crippen LogP contribution in [0.5, 0.6) is 0 Å². The third-order valence-electron chi connectivity index (χ3n) is 3.89. The van der Waals surface area contributed by atoms with Crippen molar-refractivity contribution >= 4 is 35.4 Å². The zero-order valence-corrected chi connectivity index (χ0v) is 15.5. The normalized spacial score (nSPS) is 11.0. The van der Waals surface area contributed by atoms with Gasteiger partial charge in [0.05, 0.1) is 11.1 Å². The number of nitrogens with one attached hydrogen (secondary N) is 3. The molecular formula is C20H14F3N3O2S. The smallest absolute Gasteiger partial charge is 0.352 e. The molecule has 3 N–H and O–H groups in total. The molecule has 2 aromatic carbocycles. The van der Waals surface area contributed by atoms with Crippen LogP contribution in [0.2, 0.25) is 0 Å². The summed E-state index contributed by atoms with van der Waals surface area (Å²) in [6.45, 7) is 0. The van der Waals surface area contributed by atoms with Crippen molar-refractivity contribution in [2.24, 2.45) is 0 Å². The monoisotopic (exact) mass is 417 g/mol. The van der Waals surface area contributed by atoms with Crippen molar-refractivity contribution in [3.05, 3.63) is 88.2 Å². The summed E-state index contributed by atoms with van der Waals surface area (Å²) >= 11 is 5.06. The third-order valence-corrected chi connectivity index (χ3v) is 4.23. The molecule has 0 atom stereocenters. The largest absolute Gasteiger partial charge is 0.416 e. The van der Waals surface area contributed by atoms with Gasteiger partial charge in [0.25, 0.3) is 11.8 Å². The number of anilines is 2. The molecule has 0 aliphatic rings. The molecule has 148 valence electrons. The quantitative estimate of drug-likeness (QED) is 0.507. The molecule has 0 spiro atoms. The number of halogens is 3. The lowest BCUT2D eigenvalue weighted by molar-refractivity contribution is -0.137. The topological polar surface area (TPSA) is 74.0 Å². The van der Waals surface area contributed by atoms with Crippen molar-refractivity contribution in [1.29, 1.82) is 0 Å². The zero-order valence-electron chi connectivity index (χ0n) is 14.7. The van der Waals surface area contributed by atoms with E-state index in [2.05, 4.69) is 15.6 Å². The van der Waals surface area contributed by atoms with Crippen molar-refractivity contribution in [2.75, 3.05) is 10.6 Å². The highest BCUT2D eigenvalue weighted by Gasteiger charge is 2.30. The number of carbonyl (C=O) groups excluding carboxylic acids is 2. The molecule has 3 aromatic rings. The van der Waals surface area contributed by atoms with Crippen LogP contribution in [0, 0.1) is 4.64 Å². The summed E-state index contributed by atoms with van der Waals surface area (Å²) in [5, 5.41) is 5.05. The summed E-state index contributed by atoms with van der Waals surface area (Å²) in [5.74, 6) is -1.07. The summed E-state index contributed by atoms with van der Waals surface area (Å²) in [4.78, 5) is 27.5. The van der Waals surface area contributed by atoms with E-state index in [-0.39, 0.29) is 21.5 Å². The minimum Gasteiger partial charge on any atom is -0.352 e. The molecule has 3 rings (SSSR count). The molecule has 0 fully saturated rings. The Hall–Kier alpha value is -3.46. The zero-order chi connectivity index (χ0) is 21.0. The number of hydrogen-bond donors (Lipinski definition) is 3. The van der Waals surface area contributed by atoms with Gasteiger partial charge in [0.1, 0.15) is 4.64 Å². The van der Waals surface area contributed by atoms with Gasteiger partial charge >= 0.3 is 6.18 Å². The van der Waals surface area contributed by atoms with Gasteiger partial charge in [-0.3, -0.25) is 9.59 Å². The molecule has 29 heavy (non-hydrogen) atoms. The van der Waals surface area contributed by atoms with Crippen LogP contribution < -0.4 is 10.6 Å². The molecule has 2 amide bonds. The lowest BCUT2D eigenvalue weighted by Gasteiger charge is -2.11. The predicted octanol–water partition coefficient (Wildman–Crippen LogP) is 5.27. The number of rotatable bonds is 4. The highest BCUT2D eigenvalue weighted by Crippen LogP contribution is 2.30. The number of aromatic amines is 1. The molecule has 0 radical (unpaired) electrons. The summed E-state index contributed by atoms with van der Waals surface area (Å²) in [6.07, 6.45) is -2.92. The van der Waals surface area contributed by atoms with Crippen molar-refractivity contribution in [3.8, 4) is 0 Å². The predicted molar refractivity (Wildman–Crippen MR) is 105 cm³/mol. The van der Waals surface area contributed by atoms with Gasteiger partial charge in [-0.25, -0.2) is 0 Å². The Kier molecular flexibility index (Phi) is 5.79. The van der Waals surface area contributed by atoms with Crippen LogP contribution in [0.3, 0.4) is 0 Å². The number of aromatic nitrogens is 1. The van der Waals surface area contributed by atoms with Crippen molar-refractivity contribution in [2.45, 2.75) is 6.18 Å². The van der Waals surface area contributed by atoms with Crippen LogP contribution in [0.15, 0.2) is 66.9 Å². The summed E-state index contributed by atoms with van der Waals surface area (Å²) in [6, 6.07) is 13.5. The molecule has 0 saturated heterocycles. The molecule has 0 bridgehead atoms. The van der Waals surface area contributed by atoms with Crippen LogP contribution in [-0.4, -0.2) is 16.8 Å². The SMILES string of the molecule is O=C(Nc1cccc(C(F)(F)F)c1)c1cccc(NC(=O)c2ccc[nH]c2=S)c1. The van der Waals surface area contributed by atoms with E-state index < -0.39 is 23.6 Å². The van der Waals surface area contributed by atoms with E-state index >= 15 is 0 Å². The van der Waals surface area contributed by atoms with Gasteiger partial charge < -0.3 is 15.6 Å². The number of H-pyrrole nitrogens is 1. The fraction of sp³-hybridized carbons (Fsp3) is 0.0500. The first-order valence-corrected chi connectivity index (χ1v) is 8.72. The molecule has 0 aliphatic heterocycles. The molecule has 1 heterocycles. The lowest BCUT2D eigenvalue weighted by Crippen LogP contribution is -2.15. The van der Waals surface area contributed by atoms with Gasteiger partial charge in [-0.1, -0.05) is 24.4 Å². The van der Waals surface area contributed by atoms with Crippen LogP contribution in [0.4, 0.5) is 24.5 Å². The first-order valence-electron chi connectivity index (χ1n) is 8.32. The van der Waals surface area contributed by atoms with Crippen molar-refractivity contribution in [1.82, 2.24) is 4.98 Å². The number of benzene rings is 2. The van der Waals surface area contributed by atoms with E-state index in [1.54, 1.807) is 30.5 Å². The van der Waals surface area contributed by atoms with Crippen LogP contribution in [0.25, 0.3) is 0 Å². The van der Waals surface area contributed by atoms with Gasteiger partial charge in [0.15, 0.2) is 0 Å². The van der Waals surface area contributed by atoms with Crippen LogP contribution in [-0.2, 0) is 6.18 Å². The summed E-state index contributed by atoms with van der Waals surface area (Å²) in [7, 11) is 0. The minimum atomic E-state index is -4.51. The van der Waals surface area contributed by atoms with E-state index in [1.165, 1.54) is 24.3 Å². The number of carbonyl (C=O) groups is 2. The Morgan fingerprint density at radius 1 is 0.862 bits per heavy atom. The Morgan fingerprint density at radius 3 is 2.21 bits per heavy atom. The average molecular weight is 417 g/mol. The van der Waals surface area contributed by atoms with E-state index in [9.17, 15) is 22.8 Å². The Bertz CT molecular complexity index is 1130. The van der Waals surface area contributed by atoms with Crippen molar-refractivity contribution in [3.63, 3.8) is 0 Å². The molecule has 1 aromatic heterocycles. The molecule has 0 aliphatic carbocycles. The maximum absolute atomic E-state index is 12.8. The summed E-state index contributed by atoms with van der Waals surface area (Å²) < 4.78 is 38.7. The van der Waals surface area contributed by atoms with E-state index in [0.717, 1.165) is 12.1 Å². The number of pyridine rings is 1. The first kappa shape index (κ1) is 20.3. The highest BCUT2D eigenvalue weighted by atomic mass is 32.1. The van der Waals surface area contributed by atoms with Crippen LogP contribution >= 0.6 is 12.2 Å². The average Bonchev–Trinajstić information content (AvgIpc) is 2.68. The number of amides is 2. The number of alkyl halides is 3. The van der Waals surface area contributed by atoms with E-state index in [4.69, 9.17) is 12.2 Å². The van der Waals surface area contributed by atoms with Gasteiger partial charge in [-0.2, -0.15) is 13.2 Å². The second-order valence-electron chi connectivity index (χ2n) is 5.98. The van der Waals surface area contributed by atoms with E-state index in [1.807, 2.05) is 0 Å². The Morgan fingerprint density at radius 2 is 1.52 bits per heavy atom. The standard InChI is InChI=1S/C20H14F3N3O2S/c21-20(22,23)13-5-2-7-15(11-13)25-17(27)12-4-1-6-14(10-12)26-18(28)16-8-3-9-24-19(16)29/h1-11H,(H,24,29)(H,25,27)(H,26,28). The second-order valence-corrected chi connectivity index (χ2v) is 6.39. The first-order chi connectivity index (χ1) is 13.7. The van der Waals surface area contributed by atoms with Gasteiger partial charge in [-0.15, -0.1) is 0 Å². The van der Waals surface area contributed by atoms with E-state index in [0.29, 0.717) is 5.69 Å². The lowest BCUT2D eigenvalue weighted by atomic mass is 10.1. The Labute approximate surface area is 168 Å². The molecule has 0 unspecified atom stereocenters. The molecule has 9 heteroatoms. The maximum Gasteiger partial charge on any atom is 0.416 e. The molecule has 5 nitrogen and oxygen atoms in total. The fourth-order valence-electron chi connectivity index (χ4n) is 2.51. The molecular weight excluding hydrogens is 403 g/mol. The van der Waals surface area contributed by atoms with Crippen LogP contribution in [0.1, 0.15) is 26.3 Å². The molecule has 0 saturated carbocycles. The van der Waals surface area contributed by atoms with Gasteiger partial charge in [-0.05, 0) is 48.5 Å². The Balaban J connectivity index is 1.76. The van der Waals surface area contributed by atoms with Crippen molar-refractivity contribution < 1.29 is 22.8 Å². The summed E-state index contributed by atoms with van der Waals surface area (Å²) in [5.41, 5.74) is -0.0877.